The molecule has 4 nitrogen and oxygen atoms in total. The lowest BCUT2D eigenvalue weighted by molar-refractivity contribution is -0.117. The molecular formula is C13H16ClNO3. The van der Waals surface area contributed by atoms with Crippen LogP contribution >= 0.6 is 11.6 Å². The summed E-state index contributed by atoms with van der Waals surface area (Å²) in [6.45, 7) is 4.16. The second kappa shape index (κ2) is 5.16. The summed E-state index contributed by atoms with van der Waals surface area (Å²) in [7, 11) is 0. The van der Waals surface area contributed by atoms with Gasteiger partial charge in [-0.1, -0.05) is 11.6 Å². The molecule has 1 aromatic rings. The maximum Gasteiger partial charge on any atom is 0.229 e. The molecule has 0 radical (unpaired) electrons. The lowest BCUT2D eigenvalue weighted by Crippen LogP contribution is -2.25. The highest BCUT2D eigenvalue weighted by Gasteiger charge is 2.29. The maximum atomic E-state index is 11.7. The first-order valence-electron chi connectivity index (χ1n) is 5.92. The van der Waals surface area contributed by atoms with Gasteiger partial charge in [0.05, 0.1) is 30.2 Å². The molecule has 2 rings (SSSR count). The van der Waals surface area contributed by atoms with Gasteiger partial charge in [-0.25, -0.2) is 0 Å². The largest absolute Gasteiger partial charge is 0.489 e. The second-order valence-electron chi connectivity index (χ2n) is 4.64. The van der Waals surface area contributed by atoms with E-state index in [0.29, 0.717) is 23.0 Å². The summed E-state index contributed by atoms with van der Waals surface area (Å²) in [5, 5.41) is 9.92. The van der Waals surface area contributed by atoms with Crippen LogP contribution in [0.15, 0.2) is 18.2 Å². The maximum absolute atomic E-state index is 11.7. The van der Waals surface area contributed by atoms with Gasteiger partial charge >= 0.3 is 0 Å². The van der Waals surface area contributed by atoms with Gasteiger partial charge in [0.15, 0.2) is 0 Å². The highest BCUT2D eigenvalue weighted by molar-refractivity contribution is 6.32. The molecule has 18 heavy (non-hydrogen) atoms. The number of β-amino-alcohol motifs (C(OH)–C–C–N with tert-alkyl or cyclic N) is 1. The van der Waals surface area contributed by atoms with E-state index in [1.165, 1.54) is 4.90 Å². The lowest BCUT2D eigenvalue weighted by atomic mass is 10.2. The fourth-order valence-corrected chi connectivity index (χ4v) is 2.16. The molecule has 0 bridgehead atoms. The van der Waals surface area contributed by atoms with Gasteiger partial charge in [0.1, 0.15) is 5.75 Å². The molecule has 1 aliphatic heterocycles. The van der Waals surface area contributed by atoms with Crippen molar-refractivity contribution in [2.24, 2.45) is 0 Å². The summed E-state index contributed by atoms with van der Waals surface area (Å²) in [5.74, 6) is 0.513. The third-order valence-electron chi connectivity index (χ3n) is 2.69. The number of benzene rings is 1. The van der Waals surface area contributed by atoms with Crippen LogP contribution in [0.4, 0.5) is 5.69 Å². The highest BCUT2D eigenvalue weighted by Crippen LogP contribution is 2.31. The van der Waals surface area contributed by atoms with Crippen molar-refractivity contribution in [3.05, 3.63) is 23.2 Å². The lowest BCUT2D eigenvalue weighted by Gasteiger charge is -2.18. The number of aliphatic hydroxyl groups is 1. The number of hydrogen-bond donors (Lipinski definition) is 1. The van der Waals surface area contributed by atoms with E-state index < -0.39 is 6.10 Å². The SMILES string of the molecule is CC(C)Oc1ccc(N2CC(O)CC2=O)cc1Cl. The van der Waals surface area contributed by atoms with E-state index in [0.717, 1.165) is 0 Å². The fourth-order valence-electron chi connectivity index (χ4n) is 1.95. The van der Waals surface area contributed by atoms with Crippen molar-refractivity contribution in [1.82, 2.24) is 0 Å². The van der Waals surface area contributed by atoms with Gasteiger partial charge in [-0.2, -0.15) is 0 Å². The average molecular weight is 270 g/mol. The number of amides is 1. The van der Waals surface area contributed by atoms with E-state index in [-0.39, 0.29) is 18.4 Å². The van der Waals surface area contributed by atoms with Gasteiger partial charge in [0.2, 0.25) is 5.91 Å². The van der Waals surface area contributed by atoms with Gasteiger partial charge in [-0.05, 0) is 32.0 Å². The van der Waals surface area contributed by atoms with Crippen molar-refractivity contribution in [1.29, 1.82) is 0 Å². The minimum Gasteiger partial charge on any atom is -0.489 e. The number of nitrogens with zero attached hydrogens (tertiary/aromatic N) is 1. The monoisotopic (exact) mass is 269 g/mol. The minimum absolute atomic E-state index is 0.0450. The molecule has 1 aliphatic rings. The van der Waals surface area contributed by atoms with E-state index in [1.807, 2.05) is 13.8 Å². The average Bonchev–Trinajstić information content (AvgIpc) is 2.60. The zero-order valence-corrected chi connectivity index (χ0v) is 11.1. The molecule has 0 aromatic heterocycles. The van der Waals surface area contributed by atoms with Crippen molar-refractivity contribution in [2.75, 3.05) is 11.4 Å². The number of hydrogen-bond acceptors (Lipinski definition) is 3. The Hall–Kier alpha value is -1.26. The summed E-state index contributed by atoms with van der Waals surface area (Å²) in [6.07, 6.45) is -0.381. The number of anilines is 1. The Morgan fingerprint density at radius 3 is 2.72 bits per heavy atom. The number of carbonyl (C=O) groups is 1. The van der Waals surface area contributed by atoms with Gasteiger partial charge < -0.3 is 14.7 Å². The van der Waals surface area contributed by atoms with Crippen LogP contribution in [0.25, 0.3) is 0 Å². The second-order valence-corrected chi connectivity index (χ2v) is 5.05. The first-order chi connectivity index (χ1) is 8.47. The number of rotatable bonds is 3. The number of carbonyl (C=O) groups excluding carboxylic acids is 1. The Morgan fingerprint density at radius 1 is 1.50 bits per heavy atom. The normalized spacial score (nSPS) is 19.7. The molecule has 1 atom stereocenters. The van der Waals surface area contributed by atoms with Crippen molar-refractivity contribution < 1.29 is 14.6 Å². The van der Waals surface area contributed by atoms with Crippen LogP contribution in [0, 0.1) is 0 Å². The predicted octanol–water partition coefficient (Wildman–Crippen LogP) is 2.22. The molecular weight excluding hydrogens is 254 g/mol. The molecule has 1 amide bonds. The van der Waals surface area contributed by atoms with Crippen LogP contribution in [0.2, 0.25) is 5.02 Å². The molecule has 5 heteroatoms. The molecule has 0 spiro atoms. The first kappa shape index (κ1) is 13.2. The summed E-state index contributed by atoms with van der Waals surface area (Å²) < 4.78 is 5.53. The van der Waals surface area contributed by atoms with Crippen LogP contribution in [-0.2, 0) is 4.79 Å². The van der Waals surface area contributed by atoms with Crippen molar-refractivity contribution in [3.63, 3.8) is 0 Å². The van der Waals surface area contributed by atoms with Crippen molar-refractivity contribution >= 4 is 23.2 Å². The smallest absolute Gasteiger partial charge is 0.229 e. The van der Waals surface area contributed by atoms with Crippen LogP contribution in [-0.4, -0.2) is 29.8 Å². The van der Waals surface area contributed by atoms with Gasteiger partial charge in [0.25, 0.3) is 0 Å². The fraction of sp³-hybridized carbons (Fsp3) is 0.462. The summed E-state index contributed by atoms with van der Waals surface area (Å²) in [6, 6.07) is 5.21. The van der Waals surface area contributed by atoms with Gasteiger partial charge in [-0.3, -0.25) is 4.79 Å². The zero-order valence-electron chi connectivity index (χ0n) is 10.4. The molecule has 1 saturated heterocycles. The Kier molecular flexibility index (Phi) is 3.78. The van der Waals surface area contributed by atoms with Crippen LogP contribution < -0.4 is 9.64 Å². The number of halogens is 1. The number of aliphatic hydroxyl groups excluding tert-OH is 1. The summed E-state index contributed by atoms with van der Waals surface area (Å²) >= 11 is 6.11. The van der Waals surface area contributed by atoms with Crippen molar-refractivity contribution in [3.8, 4) is 5.75 Å². The molecule has 0 aliphatic carbocycles. The van der Waals surface area contributed by atoms with E-state index >= 15 is 0 Å². The molecule has 1 N–H and O–H groups in total. The highest BCUT2D eigenvalue weighted by atomic mass is 35.5. The summed E-state index contributed by atoms with van der Waals surface area (Å²) in [4.78, 5) is 13.2. The molecule has 1 fully saturated rings. The topological polar surface area (TPSA) is 49.8 Å². The van der Waals surface area contributed by atoms with Gasteiger partial charge in [-0.15, -0.1) is 0 Å². The third-order valence-corrected chi connectivity index (χ3v) is 2.99. The van der Waals surface area contributed by atoms with E-state index in [4.69, 9.17) is 16.3 Å². The van der Waals surface area contributed by atoms with E-state index in [1.54, 1.807) is 18.2 Å². The van der Waals surface area contributed by atoms with Crippen molar-refractivity contribution in [2.45, 2.75) is 32.5 Å². The van der Waals surface area contributed by atoms with Crippen LogP contribution in [0.1, 0.15) is 20.3 Å². The number of ether oxygens (including phenoxy) is 1. The van der Waals surface area contributed by atoms with Crippen LogP contribution in [0.5, 0.6) is 5.75 Å². The Balaban J connectivity index is 2.21. The molecule has 98 valence electrons. The van der Waals surface area contributed by atoms with E-state index in [9.17, 15) is 9.90 Å². The summed E-state index contributed by atoms with van der Waals surface area (Å²) in [5.41, 5.74) is 0.692. The molecule has 1 aromatic carbocycles. The minimum atomic E-state index is -0.595. The Labute approximate surface area is 111 Å². The van der Waals surface area contributed by atoms with Crippen LogP contribution in [0.3, 0.4) is 0 Å². The Bertz CT molecular complexity index is 462. The Morgan fingerprint density at radius 2 is 2.22 bits per heavy atom. The van der Waals surface area contributed by atoms with Gasteiger partial charge in [0, 0.05) is 5.69 Å². The van der Waals surface area contributed by atoms with E-state index in [2.05, 4.69) is 0 Å². The molecule has 1 heterocycles. The first-order valence-corrected chi connectivity index (χ1v) is 6.30. The third kappa shape index (κ3) is 2.76. The predicted molar refractivity (Wildman–Crippen MR) is 70.2 cm³/mol. The zero-order chi connectivity index (χ0) is 13.3. The quantitative estimate of drug-likeness (QED) is 0.915. The molecule has 0 saturated carbocycles. The molecule has 1 unspecified atom stereocenters. The standard InChI is InChI=1S/C13H16ClNO3/c1-8(2)18-12-4-3-9(5-11(12)14)15-7-10(16)6-13(15)17/h3-5,8,10,16H,6-7H2,1-2H3.